The van der Waals surface area contributed by atoms with E-state index >= 15 is 0 Å². The summed E-state index contributed by atoms with van der Waals surface area (Å²) in [7, 11) is 0. The maximum Gasteiger partial charge on any atom is 0.0254 e. The van der Waals surface area contributed by atoms with Crippen LogP contribution in [0.15, 0.2) is 0 Å². The van der Waals surface area contributed by atoms with E-state index in [1.807, 2.05) is 0 Å². The van der Waals surface area contributed by atoms with E-state index in [-0.39, 0.29) is 0 Å². The first-order valence-electron chi connectivity index (χ1n) is 6.54. The van der Waals surface area contributed by atoms with Crippen LogP contribution in [-0.4, -0.2) is 19.0 Å². The van der Waals surface area contributed by atoms with Crippen molar-refractivity contribution < 1.29 is 0 Å². The zero-order valence-corrected chi connectivity index (χ0v) is 11.0. The molecule has 0 bridgehead atoms. The average molecular weight is 232 g/mol. The van der Waals surface area contributed by atoms with Crippen LogP contribution in [0.3, 0.4) is 0 Å². The molecule has 1 N–H and O–H groups in total. The lowest BCUT2D eigenvalue weighted by Crippen LogP contribution is -2.29. The average Bonchev–Trinajstić information content (AvgIpc) is 2.66. The van der Waals surface area contributed by atoms with E-state index in [0.717, 1.165) is 23.6 Å². The molecule has 1 rings (SSSR count). The van der Waals surface area contributed by atoms with Crippen molar-refractivity contribution in [3.05, 3.63) is 0 Å². The zero-order valence-electron chi connectivity index (χ0n) is 10.3. The highest BCUT2D eigenvalue weighted by Crippen LogP contribution is 2.31. The molecule has 0 amide bonds. The summed E-state index contributed by atoms with van der Waals surface area (Å²) >= 11 is 5.97. The van der Waals surface area contributed by atoms with Crippen molar-refractivity contribution in [3.63, 3.8) is 0 Å². The second kappa shape index (κ2) is 7.51. The molecule has 2 heteroatoms. The first-order valence-corrected chi connectivity index (χ1v) is 7.08. The van der Waals surface area contributed by atoms with Gasteiger partial charge in [-0.3, -0.25) is 0 Å². The summed E-state index contributed by atoms with van der Waals surface area (Å²) in [6.45, 7) is 6.96. The Morgan fingerprint density at radius 3 is 2.73 bits per heavy atom. The molecule has 0 aromatic heterocycles. The van der Waals surface area contributed by atoms with Gasteiger partial charge in [-0.2, -0.15) is 0 Å². The lowest BCUT2D eigenvalue weighted by molar-refractivity contribution is 0.374. The highest BCUT2D eigenvalue weighted by molar-refractivity contribution is 6.18. The molecule has 0 heterocycles. The van der Waals surface area contributed by atoms with Crippen molar-refractivity contribution in [2.24, 2.45) is 17.8 Å². The monoisotopic (exact) mass is 231 g/mol. The Labute approximate surface area is 100.0 Å². The summed E-state index contributed by atoms with van der Waals surface area (Å²) in [6, 6.07) is 0. The Kier molecular flexibility index (Phi) is 6.67. The van der Waals surface area contributed by atoms with Gasteiger partial charge in [0.25, 0.3) is 0 Å². The van der Waals surface area contributed by atoms with Gasteiger partial charge in [0, 0.05) is 5.88 Å². The van der Waals surface area contributed by atoms with Crippen LogP contribution < -0.4 is 5.32 Å². The van der Waals surface area contributed by atoms with Gasteiger partial charge in [0.2, 0.25) is 0 Å². The Morgan fingerprint density at radius 1 is 1.33 bits per heavy atom. The van der Waals surface area contributed by atoms with Gasteiger partial charge in [0.05, 0.1) is 0 Å². The summed E-state index contributed by atoms with van der Waals surface area (Å²) in [5, 5.41) is 3.62. The lowest BCUT2D eigenvalue weighted by atomic mass is 9.97. The molecule has 0 aliphatic heterocycles. The predicted molar refractivity (Wildman–Crippen MR) is 68.5 cm³/mol. The fourth-order valence-corrected chi connectivity index (χ4v) is 3.10. The highest BCUT2D eigenvalue weighted by atomic mass is 35.5. The number of hydrogen-bond acceptors (Lipinski definition) is 1. The Hall–Kier alpha value is 0.250. The van der Waals surface area contributed by atoms with E-state index in [4.69, 9.17) is 11.6 Å². The fraction of sp³-hybridized carbons (Fsp3) is 1.00. The molecule has 0 aromatic carbocycles. The third-order valence-corrected chi connectivity index (χ3v) is 4.09. The van der Waals surface area contributed by atoms with Gasteiger partial charge in [-0.1, -0.05) is 26.7 Å². The molecule has 3 atom stereocenters. The molecular formula is C13H26ClN. The molecule has 1 fully saturated rings. The van der Waals surface area contributed by atoms with Crippen LogP contribution in [-0.2, 0) is 0 Å². The van der Waals surface area contributed by atoms with Gasteiger partial charge in [0.15, 0.2) is 0 Å². The van der Waals surface area contributed by atoms with Crippen molar-refractivity contribution in [1.29, 1.82) is 0 Å². The number of halogens is 1. The SMILES string of the molecule is CCCC(C)CNCC1CCCC1CCl. The zero-order chi connectivity index (χ0) is 11.1. The van der Waals surface area contributed by atoms with E-state index in [0.29, 0.717) is 0 Å². The predicted octanol–water partition coefficient (Wildman–Crippen LogP) is 3.67. The minimum atomic E-state index is 0.778. The smallest absolute Gasteiger partial charge is 0.0254 e. The largest absolute Gasteiger partial charge is 0.316 e. The molecule has 1 aliphatic rings. The van der Waals surface area contributed by atoms with Crippen LogP contribution >= 0.6 is 11.6 Å². The van der Waals surface area contributed by atoms with Crippen LogP contribution in [0.2, 0.25) is 0 Å². The Bertz CT molecular complexity index is 161. The quantitative estimate of drug-likeness (QED) is 0.660. The van der Waals surface area contributed by atoms with E-state index in [1.165, 1.54) is 45.2 Å². The third-order valence-electron chi connectivity index (χ3n) is 3.70. The number of hydrogen-bond donors (Lipinski definition) is 1. The second-order valence-corrected chi connectivity index (χ2v) is 5.47. The molecule has 0 aromatic rings. The molecule has 1 saturated carbocycles. The molecule has 0 saturated heterocycles. The number of nitrogens with one attached hydrogen (secondary N) is 1. The molecule has 15 heavy (non-hydrogen) atoms. The van der Waals surface area contributed by atoms with Gasteiger partial charge in [-0.05, 0) is 50.1 Å². The maximum atomic E-state index is 5.97. The van der Waals surface area contributed by atoms with Crippen molar-refractivity contribution in [2.45, 2.75) is 46.0 Å². The first-order chi connectivity index (χ1) is 7.27. The number of rotatable bonds is 7. The van der Waals surface area contributed by atoms with Crippen molar-refractivity contribution in [2.75, 3.05) is 19.0 Å². The molecule has 3 unspecified atom stereocenters. The van der Waals surface area contributed by atoms with Crippen LogP contribution in [0.1, 0.15) is 46.0 Å². The van der Waals surface area contributed by atoms with Crippen molar-refractivity contribution in [3.8, 4) is 0 Å². The maximum absolute atomic E-state index is 5.97. The highest BCUT2D eigenvalue weighted by Gasteiger charge is 2.25. The van der Waals surface area contributed by atoms with Crippen LogP contribution in [0, 0.1) is 17.8 Å². The summed E-state index contributed by atoms with van der Waals surface area (Å²) in [5.74, 6) is 3.31. The van der Waals surface area contributed by atoms with Crippen LogP contribution in [0.4, 0.5) is 0 Å². The van der Waals surface area contributed by atoms with Crippen LogP contribution in [0.5, 0.6) is 0 Å². The standard InChI is InChI=1S/C13H26ClN/c1-3-5-11(2)9-15-10-13-7-4-6-12(13)8-14/h11-13,15H,3-10H2,1-2H3. The van der Waals surface area contributed by atoms with Gasteiger partial charge < -0.3 is 5.32 Å². The summed E-state index contributed by atoms with van der Waals surface area (Å²) in [4.78, 5) is 0. The van der Waals surface area contributed by atoms with Gasteiger partial charge in [-0.15, -0.1) is 11.6 Å². The first kappa shape index (κ1) is 13.3. The molecule has 0 radical (unpaired) electrons. The van der Waals surface area contributed by atoms with Crippen molar-refractivity contribution in [1.82, 2.24) is 5.32 Å². The summed E-state index contributed by atoms with van der Waals surface area (Å²) < 4.78 is 0. The summed E-state index contributed by atoms with van der Waals surface area (Å²) in [5.41, 5.74) is 0. The Balaban J connectivity index is 2.08. The van der Waals surface area contributed by atoms with Gasteiger partial charge in [0.1, 0.15) is 0 Å². The minimum Gasteiger partial charge on any atom is -0.316 e. The van der Waals surface area contributed by atoms with Gasteiger partial charge >= 0.3 is 0 Å². The third kappa shape index (κ3) is 4.74. The molecule has 1 nitrogen and oxygen atoms in total. The van der Waals surface area contributed by atoms with E-state index in [1.54, 1.807) is 0 Å². The normalized spacial score (nSPS) is 28.2. The topological polar surface area (TPSA) is 12.0 Å². The molecular weight excluding hydrogens is 206 g/mol. The molecule has 0 spiro atoms. The second-order valence-electron chi connectivity index (χ2n) is 5.16. The van der Waals surface area contributed by atoms with Crippen LogP contribution in [0.25, 0.3) is 0 Å². The van der Waals surface area contributed by atoms with Crippen molar-refractivity contribution >= 4 is 11.6 Å². The minimum absolute atomic E-state index is 0.778. The lowest BCUT2D eigenvalue weighted by Gasteiger charge is -2.19. The van der Waals surface area contributed by atoms with E-state index in [2.05, 4.69) is 19.2 Å². The summed E-state index contributed by atoms with van der Waals surface area (Å²) in [6.07, 6.45) is 6.76. The van der Waals surface area contributed by atoms with E-state index in [9.17, 15) is 0 Å². The van der Waals surface area contributed by atoms with Gasteiger partial charge in [-0.25, -0.2) is 0 Å². The Morgan fingerprint density at radius 2 is 2.07 bits per heavy atom. The molecule has 1 aliphatic carbocycles. The van der Waals surface area contributed by atoms with E-state index < -0.39 is 0 Å². The fourth-order valence-electron chi connectivity index (χ4n) is 2.70. The number of alkyl halides is 1. The molecule has 90 valence electrons.